The number of pyridine rings is 1. The van der Waals surface area contributed by atoms with Crippen LogP contribution in [0.4, 0.5) is 16.2 Å². The minimum Gasteiger partial charge on any atom is -0.465 e. The van der Waals surface area contributed by atoms with Crippen LogP contribution in [0.25, 0.3) is 11.0 Å². The molecule has 3 heterocycles. The van der Waals surface area contributed by atoms with E-state index in [1.165, 1.54) is 5.56 Å². The Hall–Kier alpha value is -3.07. The fourth-order valence-electron chi connectivity index (χ4n) is 4.71. The Morgan fingerprint density at radius 1 is 1.25 bits per heavy atom. The number of H-pyrrole nitrogens is 1. The molecule has 2 fully saturated rings. The van der Waals surface area contributed by atoms with Gasteiger partial charge in [-0.25, -0.2) is 9.78 Å². The van der Waals surface area contributed by atoms with Gasteiger partial charge < -0.3 is 25.6 Å². The van der Waals surface area contributed by atoms with Crippen molar-refractivity contribution < 1.29 is 14.7 Å². The Morgan fingerprint density at radius 2 is 2.06 bits per heavy atom. The van der Waals surface area contributed by atoms with Crippen molar-refractivity contribution in [3.8, 4) is 0 Å². The lowest BCUT2D eigenvalue weighted by Crippen LogP contribution is -2.47. The molecule has 2 aliphatic rings. The predicted molar refractivity (Wildman–Crippen MR) is 126 cm³/mol. The molecule has 1 aliphatic heterocycles. The summed E-state index contributed by atoms with van der Waals surface area (Å²) < 4.78 is 0.810. The second-order valence-corrected chi connectivity index (χ2v) is 9.32. The van der Waals surface area contributed by atoms with Gasteiger partial charge in [-0.1, -0.05) is 30.3 Å². The number of hydrogen-bond donors (Lipinski definition) is 4. The summed E-state index contributed by atoms with van der Waals surface area (Å²) in [5.41, 5.74) is 3.49. The molecule has 4 N–H and O–H groups in total. The molecule has 0 spiro atoms. The Balaban J connectivity index is 1.40. The molecular weight excluding hydrogens is 474 g/mol. The van der Waals surface area contributed by atoms with Crippen molar-refractivity contribution >= 4 is 50.3 Å². The number of carbonyl (C=O) groups excluding carboxylic acids is 1. The van der Waals surface area contributed by atoms with E-state index < -0.39 is 6.09 Å². The monoisotopic (exact) mass is 497 g/mol. The van der Waals surface area contributed by atoms with Gasteiger partial charge in [0.25, 0.3) is 0 Å². The van der Waals surface area contributed by atoms with Crippen LogP contribution in [0.5, 0.6) is 0 Å². The molecule has 5 rings (SSSR count). The van der Waals surface area contributed by atoms with Crippen molar-refractivity contribution in [1.82, 2.24) is 15.3 Å². The quantitative estimate of drug-likeness (QED) is 0.419. The minimum absolute atomic E-state index is 0.00902. The van der Waals surface area contributed by atoms with E-state index in [0.717, 1.165) is 41.4 Å². The maximum atomic E-state index is 13.0. The molecule has 3 atom stereocenters. The second-order valence-electron chi connectivity index (χ2n) is 8.46. The van der Waals surface area contributed by atoms with Crippen LogP contribution in [0.15, 0.2) is 47.2 Å². The highest BCUT2D eigenvalue weighted by Gasteiger charge is 2.44. The van der Waals surface area contributed by atoms with E-state index in [1.807, 2.05) is 18.2 Å². The number of aromatic nitrogens is 2. The molecule has 3 aromatic rings. The first-order chi connectivity index (χ1) is 15.5. The minimum atomic E-state index is -1.01. The first-order valence-corrected chi connectivity index (χ1v) is 11.6. The lowest BCUT2D eigenvalue weighted by atomic mass is 10.0. The maximum Gasteiger partial charge on any atom is 0.404 e. The largest absolute Gasteiger partial charge is 0.465 e. The molecule has 8 nitrogen and oxygen atoms in total. The van der Waals surface area contributed by atoms with Gasteiger partial charge in [0.15, 0.2) is 0 Å². The zero-order chi connectivity index (χ0) is 22.2. The zero-order valence-corrected chi connectivity index (χ0v) is 18.9. The number of piperidine rings is 1. The van der Waals surface area contributed by atoms with Gasteiger partial charge in [-0.15, -0.1) is 0 Å². The zero-order valence-electron chi connectivity index (χ0n) is 17.3. The number of nitrogens with one attached hydrogen (secondary N) is 3. The third-order valence-corrected chi connectivity index (χ3v) is 6.89. The number of halogens is 1. The summed E-state index contributed by atoms with van der Waals surface area (Å²) in [6, 6.07) is 9.98. The molecular formula is C23H24BrN5O3. The average molecular weight is 498 g/mol. The molecule has 1 aliphatic carbocycles. The lowest BCUT2D eigenvalue weighted by molar-refractivity contribution is -0.117. The van der Waals surface area contributed by atoms with Crippen molar-refractivity contribution in [2.45, 2.75) is 31.2 Å². The van der Waals surface area contributed by atoms with Crippen LogP contribution in [0.1, 0.15) is 30.7 Å². The van der Waals surface area contributed by atoms with E-state index >= 15 is 0 Å². The van der Waals surface area contributed by atoms with E-state index in [2.05, 4.69) is 53.6 Å². The summed E-state index contributed by atoms with van der Waals surface area (Å²) in [6.07, 6.45) is 5.02. The molecule has 2 amide bonds. The van der Waals surface area contributed by atoms with E-state index in [9.17, 15) is 9.59 Å². The number of rotatable bonds is 5. The number of amides is 2. The van der Waals surface area contributed by atoms with Crippen molar-refractivity contribution in [3.63, 3.8) is 0 Å². The Labute approximate surface area is 193 Å². The molecule has 166 valence electrons. The number of benzene rings is 1. The molecule has 32 heavy (non-hydrogen) atoms. The fourth-order valence-corrected chi connectivity index (χ4v) is 5.27. The van der Waals surface area contributed by atoms with Crippen LogP contribution >= 0.6 is 15.9 Å². The van der Waals surface area contributed by atoms with Gasteiger partial charge in [0, 0.05) is 37.4 Å². The topological polar surface area (TPSA) is 110 Å². The summed E-state index contributed by atoms with van der Waals surface area (Å²) in [7, 11) is 0. The summed E-state index contributed by atoms with van der Waals surface area (Å²) in [4.78, 5) is 33.9. The summed E-state index contributed by atoms with van der Waals surface area (Å²) in [5.74, 6) is 0.232. The third-order valence-electron chi connectivity index (χ3n) is 6.31. The van der Waals surface area contributed by atoms with E-state index in [4.69, 9.17) is 5.11 Å². The number of fused-ring (bicyclic) bond motifs is 1. The molecule has 2 unspecified atom stereocenters. The first-order valence-electron chi connectivity index (χ1n) is 10.8. The fraction of sp³-hybridized carbons (Fsp3) is 0.348. The van der Waals surface area contributed by atoms with Gasteiger partial charge in [0.05, 0.1) is 21.2 Å². The van der Waals surface area contributed by atoms with Crippen LogP contribution in [0.3, 0.4) is 0 Å². The van der Waals surface area contributed by atoms with Crippen LogP contribution in [-0.4, -0.2) is 46.2 Å². The number of nitrogens with zero attached hydrogens (tertiary/aromatic N) is 2. The smallest absolute Gasteiger partial charge is 0.404 e. The third kappa shape index (κ3) is 4.04. The Morgan fingerprint density at radius 3 is 2.84 bits per heavy atom. The van der Waals surface area contributed by atoms with Crippen LogP contribution < -0.4 is 15.5 Å². The van der Waals surface area contributed by atoms with Gasteiger partial charge >= 0.3 is 6.09 Å². The van der Waals surface area contributed by atoms with Gasteiger partial charge in [0.1, 0.15) is 5.65 Å². The molecule has 1 aromatic carbocycles. The highest BCUT2D eigenvalue weighted by Crippen LogP contribution is 2.48. The van der Waals surface area contributed by atoms with Crippen molar-refractivity contribution in [2.24, 2.45) is 5.92 Å². The standard InChI is InChI=1S/C23H24BrN5O3/c24-17-10-25-21-19(20(17)29-8-4-7-14(12-29)27-23(31)32)18(11-26-21)28-22(30)16-9-15(16)13-5-2-1-3-6-13/h1-3,5-6,10-11,14-16,27H,4,7-9,12H2,(H,25,26)(H,28,30)(H,31,32)/t14-,15?,16?/m1/s1. The van der Waals surface area contributed by atoms with Crippen molar-refractivity contribution in [1.29, 1.82) is 0 Å². The number of anilines is 2. The Bertz CT molecular complexity index is 1170. The molecule has 9 heteroatoms. The molecule has 0 bridgehead atoms. The average Bonchev–Trinajstić information content (AvgIpc) is 3.50. The predicted octanol–water partition coefficient (Wildman–Crippen LogP) is 4.30. The number of hydrogen-bond acceptors (Lipinski definition) is 4. The van der Waals surface area contributed by atoms with Gasteiger partial charge in [-0.2, -0.15) is 0 Å². The summed E-state index contributed by atoms with van der Waals surface area (Å²) in [6.45, 7) is 1.36. The van der Waals surface area contributed by atoms with Crippen molar-refractivity contribution in [3.05, 3.63) is 52.8 Å². The second kappa shape index (κ2) is 8.46. The normalized spacial score (nSPS) is 22.5. The highest BCUT2D eigenvalue weighted by atomic mass is 79.9. The lowest BCUT2D eigenvalue weighted by Gasteiger charge is -2.35. The van der Waals surface area contributed by atoms with Crippen LogP contribution in [0.2, 0.25) is 0 Å². The van der Waals surface area contributed by atoms with Gasteiger partial charge in [0.2, 0.25) is 5.91 Å². The van der Waals surface area contributed by atoms with E-state index in [1.54, 1.807) is 12.4 Å². The summed E-state index contributed by atoms with van der Waals surface area (Å²) in [5, 5.41) is 15.7. The molecule has 1 saturated heterocycles. The van der Waals surface area contributed by atoms with Crippen molar-refractivity contribution in [2.75, 3.05) is 23.3 Å². The number of carboxylic acid groups (broad SMARTS) is 1. The first kappa shape index (κ1) is 20.8. The van der Waals surface area contributed by atoms with E-state index in [0.29, 0.717) is 17.9 Å². The van der Waals surface area contributed by atoms with Crippen LogP contribution in [0, 0.1) is 5.92 Å². The Kier molecular flexibility index (Phi) is 5.50. The molecule has 2 aromatic heterocycles. The van der Waals surface area contributed by atoms with Crippen LogP contribution in [-0.2, 0) is 4.79 Å². The van der Waals surface area contributed by atoms with Gasteiger partial charge in [-0.05, 0) is 46.7 Å². The number of carbonyl (C=O) groups is 2. The number of aromatic amines is 1. The SMILES string of the molecule is O=C(O)N[C@@H]1CCCN(c2c(Br)cnc3[nH]cc(NC(=O)C4CC4c4ccccc4)c23)C1. The molecule has 0 radical (unpaired) electrons. The van der Waals surface area contributed by atoms with Gasteiger partial charge in [-0.3, -0.25) is 4.79 Å². The summed E-state index contributed by atoms with van der Waals surface area (Å²) >= 11 is 3.62. The van der Waals surface area contributed by atoms with E-state index in [-0.39, 0.29) is 23.8 Å². The highest BCUT2D eigenvalue weighted by molar-refractivity contribution is 9.10. The molecule has 1 saturated carbocycles. The maximum absolute atomic E-state index is 13.0.